The predicted octanol–water partition coefficient (Wildman–Crippen LogP) is 5.15. The number of rotatable bonds is 5. The minimum Gasteiger partial charge on any atom is -0.474 e. The Morgan fingerprint density at radius 1 is 1.25 bits per heavy atom. The van der Waals surface area contributed by atoms with E-state index in [2.05, 4.69) is 20.0 Å². The van der Waals surface area contributed by atoms with Crippen LogP contribution < -0.4 is 4.74 Å². The number of hydrogen-bond donors (Lipinski definition) is 0. The predicted molar refractivity (Wildman–Crippen MR) is 92.0 cm³/mol. The maximum Gasteiger partial charge on any atom is 0.223 e. The Morgan fingerprint density at radius 2 is 2.04 bits per heavy atom. The second-order valence-corrected chi connectivity index (χ2v) is 7.20. The molecule has 2 aliphatic carbocycles. The third-order valence-corrected chi connectivity index (χ3v) is 5.41. The molecule has 0 amide bonds. The minimum atomic E-state index is -0.638. The van der Waals surface area contributed by atoms with Crippen LogP contribution in [0.1, 0.15) is 44.6 Å². The van der Waals surface area contributed by atoms with Gasteiger partial charge in [-0.2, -0.15) is 0 Å². The molecule has 2 aliphatic rings. The van der Waals surface area contributed by atoms with Gasteiger partial charge in [0.15, 0.2) is 0 Å². The van der Waals surface area contributed by atoms with Crippen molar-refractivity contribution in [3.63, 3.8) is 0 Å². The lowest BCUT2D eigenvalue weighted by Crippen LogP contribution is -2.34. The van der Waals surface area contributed by atoms with E-state index in [1.165, 1.54) is 0 Å². The number of pyridine rings is 2. The average molecular weight is 344 g/mol. The molecule has 2 saturated carbocycles. The van der Waals surface area contributed by atoms with Gasteiger partial charge in [0.1, 0.15) is 11.3 Å². The summed E-state index contributed by atoms with van der Waals surface area (Å²) in [5, 5.41) is 6.30. The summed E-state index contributed by atoms with van der Waals surface area (Å²) in [4.78, 5) is 11.8. The molecule has 0 N–H and O–H groups in total. The number of halogens is 1. The van der Waals surface area contributed by atoms with Crippen molar-refractivity contribution in [3.05, 3.63) is 39.6 Å². The SMILES string of the molecule is C[C@@](N=[N+]=[N-])(c1cnc(OC2CC2)c2cnc(Cl)cc12)C1CCC1. The number of fused-ring (bicyclic) bond motifs is 1. The Morgan fingerprint density at radius 3 is 2.67 bits per heavy atom. The van der Waals surface area contributed by atoms with Gasteiger partial charge in [0.25, 0.3) is 0 Å². The molecule has 0 aliphatic heterocycles. The maximum absolute atomic E-state index is 9.12. The lowest BCUT2D eigenvalue weighted by atomic mass is 9.68. The van der Waals surface area contributed by atoms with E-state index in [-0.39, 0.29) is 6.10 Å². The molecule has 6 nitrogen and oxygen atoms in total. The molecule has 24 heavy (non-hydrogen) atoms. The summed E-state index contributed by atoms with van der Waals surface area (Å²) < 4.78 is 5.91. The Hall–Kier alpha value is -2.04. The van der Waals surface area contributed by atoms with E-state index in [9.17, 15) is 0 Å². The average Bonchev–Trinajstić information content (AvgIpc) is 3.29. The third-order valence-electron chi connectivity index (χ3n) is 5.20. The van der Waals surface area contributed by atoms with Gasteiger partial charge in [0.2, 0.25) is 5.88 Å². The molecule has 7 heteroatoms. The summed E-state index contributed by atoms with van der Waals surface area (Å²) in [5.74, 6) is 0.901. The molecule has 2 heterocycles. The first-order chi connectivity index (χ1) is 11.6. The Bertz CT molecular complexity index is 842. The van der Waals surface area contributed by atoms with E-state index in [1.807, 2.05) is 13.0 Å². The Labute approximate surface area is 144 Å². The second kappa shape index (κ2) is 5.80. The lowest BCUT2D eigenvalue weighted by molar-refractivity contribution is 0.184. The summed E-state index contributed by atoms with van der Waals surface area (Å²) in [5.41, 5.74) is 9.37. The highest BCUT2D eigenvalue weighted by molar-refractivity contribution is 6.30. The van der Waals surface area contributed by atoms with Crippen LogP contribution in [-0.4, -0.2) is 16.1 Å². The summed E-state index contributed by atoms with van der Waals surface area (Å²) in [6.45, 7) is 1.99. The van der Waals surface area contributed by atoms with Gasteiger partial charge < -0.3 is 4.74 Å². The van der Waals surface area contributed by atoms with E-state index in [0.717, 1.165) is 48.4 Å². The zero-order chi connectivity index (χ0) is 16.7. The fraction of sp³-hybridized carbons (Fsp3) is 0.529. The molecule has 0 aromatic carbocycles. The van der Waals surface area contributed by atoms with E-state index in [0.29, 0.717) is 17.0 Å². The Kier molecular flexibility index (Phi) is 3.74. The molecule has 124 valence electrons. The topological polar surface area (TPSA) is 83.8 Å². The van der Waals surface area contributed by atoms with Crippen molar-refractivity contribution < 1.29 is 4.74 Å². The van der Waals surface area contributed by atoms with Crippen molar-refractivity contribution >= 4 is 22.4 Å². The molecule has 2 aromatic rings. The molecule has 2 fully saturated rings. The molecular weight excluding hydrogens is 326 g/mol. The molecule has 0 unspecified atom stereocenters. The van der Waals surface area contributed by atoms with Crippen LogP contribution >= 0.6 is 11.6 Å². The summed E-state index contributed by atoms with van der Waals surface area (Å²) in [7, 11) is 0. The van der Waals surface area contributed by atoms with Gasteiger partial charge in [0, 0.05) is 17.3 Å². The zero-order valence-corrected chi connectivity index (χ0v) is 14.2. The molecule has 0 bridgehead atoms. The van der Waals surface area contributed by atoms with Crippen molar-refractivity contribution in [2.75, 3.05) is 0 Å². The van der Waals surface area contributed by atoms with Crippen LogP contribution in [0.3, 0.4) is 0 Å². The number of hydrogen-bond acceptors (Lipinski definition) is 4. The molecule has 0 radical (unpaired) electrons. The van der Waals surface area contributed by atoms with Gasteiger partial charge in [-0.25, -0.2) is 9.97 Å². The number of aromatic nitrogens is 2. The molecule has 1 atom stereocenters. The van der Waals surface area contributed by atoms with Gasteiger partial charge in [-0.05, 0) is 61.1 Å². The molecular formula is C17H18ClN5O. The largest absolute Gasteiger partial charge is 0.474 e. The molecule has 4 rings (SSSR count). The normalized spacial score (nSPS) is 20.1. The van der Waals surface area contributed by atoms with Crippen LogP contribution in [-0.2, 0) is 5.54 Å². The quantitative estimate of drug-likeness (QED) is 0.325. The lowest BCUT2D eigenvalue weighted by Gasteiger charge is -2.40. The summed E-state index contributed by atoms with van der Waals surface area (Å²) >= 11 is 6.14. The van der Waals surface area contributed by atoms with Gasteiger partial charge in [0.05, 0.1) is 10.9 Å². The van der Waals surface area contributed by atoms with Gasteiger partial charge in [-0.15, -0.1) is 0 Å². The first-order valence-electron chi connectivity index (χ1n) is 8.29. The van der Waals surface area contributed by atoms with E-state index in [4.69, 9.17) is 21.9 Å². The highest BCUT2D eigenvalue weighted by atomic mass is 35.5. The standard InChI is InChI=1S/C17H18ClN5O/c1-17(22-23-19,10-3-2-4-10)14-9-21-16(24-11-5-6-11)13-8-20-15(18)7-12(13)14/h7-11H,2-6H2,1H3/t17-/m0/s1. The first-order valence-corrected chi connectivity index (χ1v) is 8.67. The minimum absolute atomic E-state index is 0.248. The Balaban J connectivity index is 1.90. The van der Waals surface area contributed by atoms with Crippen molar-refractivity contribution in [1.82, 2.24) is 9.97 Å². The van der Waals surface area contributed by atoms with Crippen molar-refractivity contribution in [2.45, 2.75) is 50.7 Å². The molecule has 0 spiro atoms. The van der Waals surface area contributed by atoms with E-state index >= 15 is 0 Å². The molecule has 2 aromatic heterocycles. The number of azide groups is 1. The van der Waals surface area contributed by atoms with Crippen molar-refractivity contribution in [2.24, 2.45) is 11.0 Å². The zero-order valence-electron chi connectivity index (χ0n) is 13.4. The smallest absolute Gasteiger partial charge is 0.223 e. The highest BCUT2D eigenvalue weighted by Gasteiger charge is 2.40. The van der Waals surface area contributed by atoms with Gasteiger partial charge in [-0.1, -0.05) is 23.1 Å². The van der Waals surface area contributed by atoms with Crippen molar-refractivity contribution in [1.29, 1.82) is 0 Å². The van der Waals surface area contributed by atoms with Crippen molar-refractivity contribution in [3.8, 4) is 5.88 Å². The van der Waals surface area contributed by atoms with E-state index in [1.54, 1.807) is 12.4 Å². The number of ether oxygens (including phenoxy) is 1. The fourth-order valence-corrected chi connectivity index (χ4v) is 3.50. The summed E-state index contributed by atoms with van der Waals surface area (Å²) in [6.07, 6.45) is 9.11. The van der Waals surface area contributed by atoms with Gasteiger partial charge in [-0.3, -0.25) is 0 Å². The van der Waals surface area contributed by atoms with Crippen LogP contribution in [0.2, 0.25) is 5.15 Å². The molecule has 0 saturated heterocycles. The first kappa shape index (κ1) is 15.5. The van der Waals surface area contributed by atoms with Crippen LogP contribution in [0.15, 0.2) is 23.6 Å². The maximum atomic E-state index is 9.12. The highest BCUT2D eigenvalue weighted by Crippen LogP contribution is 2.48. The second-order valence-electron chi connectivity index (χ2n) is 6.81. The van der Waals surface area contributed by atoms with Crippen LogP contribution in [0, 0.1) is 5.92 Å². The van der Waals surface area contributed by atoms with Gasteiger partial charge >= 0.3 is 0 Å². The summed E-state index contributed by atoms with van der Waals surface area (Å²) in [6, 6.07) is 1.82. The third kappa shape index (κ3) is 2.56. The monoisotopic (exact) mass is 343 g/mol. The fourth-order valence-electron chi connectivity index (χ4n) is 3.35. The van der Waals surface area contributed by atoms with E-state index < -0.39 is 5.54 Å². The van der Waals surface area contributed by atoms with Crippen LogP contribution in [0.5, 0.6) is 5.88 Å². The van der Waals surface area contributed by atoms with Crippen LogP contribution in [0.25, 0.3) is 21.2 Å². The number of nitrogens with zero attached hydrogens (tertiary/aromatic N) is 5. The van der Waals surface area contributed by atoms with Crippen LogP contribution in [0.4, 0.5) is 0 Å².